The van der Waals surface area contributed by atoms with Crippen LogP contribution in [0, 0.1) is 13.8 Å². The summed E-state index contributed by atoms with van der Waals surface area (Å²) in [7, 11) is 0. The van der Waals surface area contributed by atoms with Gasteiger partial charge in [0.15, 0.2) is 6.10 Å². The van der Waals surface area contributed by atoms with Gasteiger partial charge in [-0.25, -0.2) is 4.79 Å². The van der Waals surface area contributed by atoms with Crippen molar-refractivity contribution in [3.63, 3.8) is 0 Å². The average Bonchev–Trinajstić information content (AvgIpc) is 2.70. The summed E-state index contributed by atoms with van der Waals surface area (Å²) in [5, 5.41) is 2.87. The average molecular weight is 369 g/mol. The molecule has 0 saturated carbocycles. The van der Waals surface area contributed by atoms with E-state index in [9.17, 15) is 9.59 Å². The fourth-order valence-electron chi connectivity index (χ4n) is 2.79. The van der Waals surface area contributed by atoms with E-state index in [1.807, 2.05) is 38.1 Å². The van der Waals surface area contributed by atoms with E-state index in [0.717, 1.165) is 11.1 Å². The second kappa shape index (κ2) is 8.79. The molecule has 1 aliphatic heterocycles. The zero-order chi connectivity index (χ0) is 19.2. The Labute approximate surface area is 158 Å². The summed E-state index contributed by atoms with van der Waals surface area (Å²) >= 11 is 0. The molecule has 1 heterocycles. The fraction of sp³-hybridized carbons (Fsp3) is 0.333. The molecule has 0 unspecified atom stereocenters. The predicted octanol–water partition coefficient (Wildman–Crippen LogP) is 2.94. The largest absolute Gasteiger partial charge is 0.445 e. The van der Waals surface area contributed by atoms with E-state index in [-0.39, 0.29) is 6.61 Å². The molecule has 142 valence electrons. The van der Waals surface area contributed by atoms with Crippen molar-refractivity contribution in [3.05, 3.63) is 65.2 Å². The molecule has 27 heavy (non-hydrogen) atoms. The molecule has 6 heteroatoms. The van der Waals surface area contributed by atoms with Crippen LogP contribution >= 0.6 is 0 Å². The van der Waals surface area contributed by atoms with Gasteiger partial charge in [0.05, 0.1) is 19.8 Å². The molecular formula is C21H23NO5. The number of nitrogens with one attached hydrogen (secondary N) is 1. The normalized spacial score (nSPS) is 17.8. The van der Waals surface area contributed by atoms with Gasteiger partial charge in [0.1, 0.15) is 0 Å². The number of amides is 1. The molecule has 0 aromatic heterocycles. The molecule has 2 aromatic carbocycles. The lowest BCUT2D eigenvalue weighted by Gasteiger charge is -2.24. The highest BCUT2D eigenvalue weighted by Gasteiger charge is 2.31. The number of ether oxygens (including phenoxy) is 3. The van der Waals surface area contributed by atoms with Crippen molar-refractivity contribution in [2.24, 2.45) is 0 Å². The summed E-state index contributed by atoms with van der Waals surface area (Å²) in [5.74, 6) is -1.03. The van der Waals surface area contributed by atoms with Crippen LogP contribution in [0.15, 0.2) is 48.5 Å². The minimum atomic E-state index is -1.08. The number of anilines is 1. The summed E-state index contributed by atoms with van der Waals surface area (Å²) in [6, 6.07) is 14.7. The van der Waals surface area contributed by atoms with Crippen molar-refractivity contribution in [3.8, 4) is 0 Å². The van der Waals surface area contributed by atoms with E-state index < -0.39 is 24.1 Å². The van der Waals surface area contributed by atoms with Crippen LogP contribution in [0.1, 0.15) is 22.8 Å². The van der Waals surface area contributed by atoms with Crippen LogP contribution in [0.3, 0.4) is 0 Å². The Bertz CT molecular complexity index is 799. The van der Waals surface area contributed by atoms with Gasteiger partial charge in [-0.1, -0.05) is 42.5 Å². The molecule has 2 atom stereocenters. The smallest absolute Gasteiger partial charge is 0.338 e. The van der Waals surface area contributed by atoms with Gasteiger partial charge in [0.2, 0.25) is 6.10 Å². The summed E-state index contributed by atoms with van der Waals surface area (Å²) in [4.78, 5) is 25.4. The highest BCUT2D eigenvalue weighted by atomic mass is 16.6. The number of carbonyl (C=O) groups is 2. The van der Waals surface area contributed by atoms with Gasteiger partial charge < -0.3 is 19.5 Å². The first kappa shape index (κ1) is 19.1. The number of benzene rings is 2. The van der Waals surface area contributed by atoms with Gasteiger partial charge in [0, 0.05) is 11.3 Å². The second-order valence-electron chi connectivity index (χ2n) is 6.47. The van der Waals surface area contributed by atoms with Crippen LogP contribution in [0.5, 0.6) is 0 Å². The summed E-state index contributed by atoms with van der Waals surface area (Å²) in [6.07, 6.45) is -1.90. The van der Waals surface area contributed by atoms with E-state index in [1.54, 1.807) is 24.3 Å². The van der Waals surface area contributed by atoms with Crippen molar-refractivity contribution < 1.29 is 23.8 Å². The van der Waals surface area contributed by atoms with Gasteiger partial charge in [-0.3, -0.25) is 4.79 Å². The predicted molar refractivity (Wildman–Crippen MR) is 100 cm³/mol. The van der Waals surface area contributed by atoms with E-state index >= 15 is 0 Å². The molecule has 0 aliphatic carbocycles. The third kappa shape index (κ3) is 4.93. The maximum absolute atomic E-state index is 12.9. The molecule has 1 amide bonds. The molecule has 1 aliphatic rings. The monoisotopic (exact) mass is 369 g/mol. The van der Waals surface area contributed by atoms with Crippen molar-refractivity contribution in [2.75, 3.05) is 25.1 Å². The zero-order valence-corrected chi connectivity index (χ0v) is 15.4. The third-order valence-corrected chi connectivity index (χ3v) is 4.30. The quantitative estimate of drug-likeness (QED) is 0.821. The molecule has 3 rings (SSSR count). The Morgan fingerprint density at radius 2 is 1.89 bits per heavy atom. The van der Waals surface area contributed by atoms with Crippen LogP contribution in [0.4, 0.5) is 5.69 Å². The summed E-state index contributed by atoms with van der Waals surface area (Å²) in [6.45, 7) is 4.75. The SMILES string of the molecule is Cc1ccc(C)c(NC(=O)[C@H](OC(=O)[C@H]2COCCO2)c2ccccc2)c1. The lowest BCUT2D eigenvalue weighted by Crippen LogP contribution is -2.38. The Kier molecular flexibility index (Phi) is 6.21. The lowest BCUT2D eigenvalue weighted by atomic mass is 10.1. The molecular weight excluding hydrogens is 346 g/mol. The Hall–Kier alpha value is -2.70. The van der Waals surface area contributed by atoms with Crippen LogP contribution in [0.25, 0.3) is 0 Å². The molecule has 0 spiro atoms. The molecule has 1 N–H and O–H groups in total. The number of aryl methyl sites for hydroxylation is 2. The maximum atomic E-state index is 12.9. The van der Waals surface area contributed by atoms with E-state index in [1.165, 1.54) is 0 Å². The minimum absolute atomic E-state index is 0.124. The van der Waals surface area contributed by atoms with Gasteiger partial charge >= 0.3 is 5.97 Å². The maximum Gasteiger partial charge on any atom is 0.338 e. The number of hydrogen-bond acceptors (Lipinski definition) is 5. The molecule has 1 fully saturated rings. The molecule has 2 aromatic rings. The van der Waals surface area contributed by atoms with Crippen molar-refractivity contribution in [1.29, 1.82) is 0 Å². The number of carbonyl (C=O) groups excluding carboxylic acids is 2. The topological polar surface area (TPSA) is 73.9 Å². The van der Waals surface area contributed by atoms with Crippen molar-refractivity contribution >= 4 is 17.6 Å². The molecule has 1 saturated heterocycles. The second-order valence-corrected chi connectivity index (χ2v) is 6.47. The number of esters is 1. The highest BCUT2D eigenvalue weighted by molar-refractivity contribution is 5.97. The first-order chi connectivity index (χ1) is 13.0. The van der Waals surface area contributed by atoms with Gasteiger partial charge in [-0.15, -0.1) is 0 Å². The first-order valence-corrected chi connectivity index (χ1v) is 8.87. The third-order valence-electron chi connectivity index (χ3n) is 4.30. The number of rotatable bonds is 5. The molecule has 0 radical (unpaired) electrons. The van der Waals surface area contributed by atoms with Gasteiger partial charge in [0.25, 0.3) is 5.91 Å². The standard InChI is InChI=1S/C21H23NO5/c1-14-8-9-15(2)17(12-14)22-20(23)19(16-6-4-3-5-7-16)27-21(24)18-13-25-10-11-26-18/h3-9,12,18-19H,10-11,13H2,1-2H3,(H,22,23)/t18-,19-/m1/s1. The van der Waals surface area contributed by atoms with Crippen LogP contribution < -0.4 is 5.32 Å². The van der Waals surface area contributed by atoms with Crippen molar-refractivity contribution in [2.45, 2.75) is 26.1 Å². The first-order valence-electron chi connectivity index (χ1n) is 8.87. The lowest BCUT2D eigenvalue weighted by molar-refractivity contribution is -0.177. The summed E-state index contributed by atoms with van der Waals surface area (Å²) in [5.41, 5.74) is 3.23. The Morgan fingerprint density at radius 1 is 1.11 bits per heavy atom. The van der Waals surface area contributed by atoms with E-state index in [0.29, 0.717) is 24.5 Å². The minimum Gasteiger partial charge on any atom is -0.445 e. The summed E-state index contributed by atoms with van der Waals surface area (Å²) < 4.78 is 16.2. The Morgan fingerprint density at radius 3 is 2.59 bits per heavy atom. The molecule has 6 nitrogen and oxygen atoms in total. The van der Waals surface area contributed by atoms with Crippen molar-refractivity contribution in [1.82, 2.24) is 0 Å². The van der Waals surface area contributed by atoms with E-state index in [2.05, 4.69) is 5.32 Å². The van der Waals surface area contributed by atoms with Crippen LogP contribution in [0.2, 0.25) is 0 Å². The van der Waals surface area contributed by atoms with Gasteiger partial charge in [-0.05, 0) is 31.0 Å². The van der Waals surface area contributed by atoms with Gasteiger partial charge in [-0.2, -0.15) is 0 Å². The Balaban J connectivity index is 1.80. The fourth-order valence-corrected chi connectivity index (χ4v) is 2.79. The zero-order valence-electron chi connectivity index (χ0n) is 15.4. The van der Waals surface area contributed by atoms with Crippen LogP contribution in [-0.2, 0) is 23.8 Å². The van der Waals surface area contributed by atoms with E-state index in [4.69, 9.17) is 14.2 Å². The van der Waals surface area contributed by atoms with Crippen LogP contribution in [-0.4, -0.2) is 37.8 Å². The number of hydrogen-bond donors (Lipinski definition) is 1. The highest BCUT2D eigenvalue weighted by Crippen LogP contribution is 2.23. The molecule has 0 bridgehead atoms.